The zero-order chi connectivity index (χ0) is 13.9. The first-order chi connectivity index (χ1) is 9.04. The molecule has 1 unspecified atom stereocenters. The van der Waals surface area contributed by atoms with Gasteiger partial charge in [-0.25, -0.2) is 13.1 Å². The maximum atomic E-state index is 12.3. The summed E-state index contributed by atoms with van der Waals surface area (Å²) in [6, 6.07) is 4.90. The van der Waals surface area contributed by atoms with Crippen LogP contribution in [0.3, 0.4) is 0 Å². The first-order valence-electron chi connectivity index (χ1n) is 6.10. The van der Waals surface area contributed by atoms with Crippen LogP contribution in [0.4, 0.5) is 0 Å². The topological polar surface area (TPSA) is 76.7 Å². The largest absolute Gasteiger partial charge is 0.486 e. The van der Waals surface area contributed by atoms with E-state index in [1.54, 1.807) is 19.2 Å². The summed E-state index contributed by atoms with van der Waals surface area (Å²) >= 11 is 0. The number of fused-ring (bicyclic) bond motifs is 1. The molecule has 19 heavy (non-hydrogen) atoms. The van der Waals surface area contributed by atoms with Gasteiger partial charge in [-0.05, 0) is 26.1 Å². The van der Waals surface area contributed by atoms with Gasteiger partial charge in [0.1, 0.15) is 18.1 Å². The molecule has 0 saturated carbocycles. The fraction of sp³-hybridized carbons (Fsp3) is 0.500. The molecule has 0 fully saturated rings. The number of hydrogen-bond donors (Lipinski definition) is 2. The van der Waals surface area contributed by atoms with Gasteiger partial charge in [-0.3, -0.25) is 0 Å². The summed E-state index contributed by atoms with van der Waals surface area (Å²) in [6.07, 6.45) is 0. The number of para-hydroxylation sites is 1. The molecule has 1 aromatic carbocycles. The van der Waals surface area contributed by atoms with Crippen LogP contribution in [0.15, 0.2) is 23.1 Å². The first-order valence-corrected chi connectivity index (χ1v) is 7.58. The van der Waals surface area contributed by atoms with Crippen LogP contribution in [-0.2, 0) is 10.0 Å². The van der Waals surface area contributed by atoms with E-state index in [0.717, 1.165) is 0 Å². The third kappa shape index (κ3) is 3.17. The van der Waals surface area contributed by atoms with Crippen molar-refractivity contribution in [2.45, 2.75) is 17.9 Å². The molecule has 0 aromatic heterocycles. The van der Waals surface area contributed by atoms with Crippen LogP contribution >= 0.6 is 0 Å². The average Bonchev–Trinajstić information content (AvgIpc) is 2.44. The van der Waals surface area contributed by atoms with Crippen molar-refractivity contribution >= 4 is 10.0 Å². The van der Waals surface area contributed by atoms with Gasteiger partial charge >= 0.3 is 0 Å². The van der Waals surface area contributed by atoms with Crippen LogP contribution in [-0.4, -0.2) is 41.3 Å². The molecule has 0 aliphatic carbocycles. The number of benzene rings is 1. The van der Waals surface area contributed by atoms with E-state index in [1.807, 2.05) is 6.92 Å². The summed E-state index contributed by atoms with van der Waals surface area (Å²) in [5.74, 6) is 0.758. The monoisotopic (exact) mass is 286 g/mol. The van der Waals surface area contributed by atoms with Crippen LogP contribution in [0.5, 0.6) is 11.5 Å². The summed E-state index contributed by atoms with van der Waals surface area (Å²) < 4.78 is 37.8. The van der Waals surface area contributed by atoms with E-state index in [0.29, 0.717) is 31.3 Å². The van der Waals surface area contributed by atoms with Gasteiger partial charge in [0, 0.05) is 12.6 Å². The third-order valence-electron chi connectivity index (χ3n) is 2.89. The zero-order valence-electron chi connectivity index (χ0n) is 11.0. The molecule has 1 heterocycles. The fourth-order valence-electron chi connectivity index (χ4n) is 1.67. The number of likely N-dealkylation sites (N-methyl/N-ethyl adjacent to an activating group) is 1. The SMILES string of the molecule is CNC(C)CNS(=O)(=O)c1cccc2c1OCCO2. The molecule has 1 aromatic rings. The second kappa shape index (κ2) is 5.77. The van der Waals surface area contributed by atoms with Gasteiger partial charge in [0.25, 0.3) is 0 Å². The second-order valence-electron chi connectivity index (χ2n) is 4.32. The molecule has 106 valence electrons. The number of sulfonamides is 1. The summed E-state index contributed by atoms with van der Waals surface area (Å²) in [4.78, 5) is 0.119. The van der Waals surface area contributed by atoms with Crippen molar-refractivity contribution in [3.05, 3.63) is 18.2 Å². The molecular weight excluding hydrogens is 268 g/mol. The molecule has 2 rings (SSSR count). The minimum atomic E-state index is -3.60. The van der Waals surface area contributed by atoms with Gasteiger partial charge in [0.05, 0.1) is 0 Å². The standard InChI is InChI=1S/C12H18N2O4S/c1-9(13-2)8-14-19(15,16)11-5-3-4-10-12(11)18-7-6-17-10/h3-5,9,13-14H,6-8H2,1-2H3. The Balaban J connectivity index is 2.25. The van der Waals surface area contributed by atoms with Gasteiger partial charge in [0.15, 0.2) is 11.5 Å². The highest BCUT2D eigenvalue weighted by Crippen LogP contribution is 2.36. The van der Waals surface area contributed by atoms with Crippen LogP contribution < -0.4 is 19.5 Å². The molecule has 7 heteroatoms. The maximum Gasteiger partial charge on any atom is 0.244 e. The van der Waals surface area contributed by atoms with Gasteiger partial charge in [-0.2, -0.15) is 0 Å². The lowest BCUT2D eigenvalue weighted by atomic mass is 10.3. The lowest BCUT2D eigenvalue weighted by Gasteiger charge is -2.21. The Morgan fingerprint density at radius 2 is 2.05 bits per heavy atom. The Bertz CT molecular complexity index is 545. The molecule has 0 radical (unpaired) electrons. The van der Waals surface area contributed by atoms with Crippen molar-refractivity contribution in [3.63, 3.8) is 0 Å². The van der Waals surface area contributed by atoms with E-state index < -0.39 is 10.0 Å². The minimum Gasteiger partial charge on any atom is -0.486 e. The Labute approximate surface area is 113 Å². The zero-order valence-corrected chi connectivity index (χ0v) is 11.8. The number of ether oxygens (including phenoxy) is 2. The Morgan fingerprint density at radius 3 is 2.79 bits per heavy atom. The Morgan fingerprint density at radius 1 is 1.32 bits per heavy atom. The molecule has 1 aliphatic heterocycles. The second-order valence-corrected chi connectivity index (χ2v) is 6.06. The molecule has 0 amide bonds. The molecule has 0 saturated heterocycles. The maximum absolute atomic E-state index is 12.3. The lowest BCUT2D eigenvalue weighted by Crippen LogP contribution is -2.37. The molecule has 6 nitrogen and oxygen atoms in total. The number of rotatable bonds is 5. The van der Waals surface area contributed by atoms with E-state index >= 15 is 0 Å². The lowest BCUT2D eigenvalue weighted by molar-refractivity contribution is 0.167. The van der Waals surface area contributed by atoms with Gasteiger partial charge in [-0.1, -0.05) is 6.07 Å². The summed E-state index contributed by atoms with van der Waals surface area (Å²) in [5.41, 5.74) is 0. The summed E-state index contributed by atoms with van der Waals surface area (Å²) in [5, 5.41) is 2.97. The van der Waals surface area contributed by atoms with Gasteiger partial charge in [0.2, 0.25) is 10.0 Å². The molecule has 1 atom stereocenters. The normalized spacial score (nSPS) is 16.1. The molecule has 2 N–H and O–H groups in total. The van der Waals surface area contributed by atoms with E-state index in [1.165, 1.54) is 6.07 Å². The van der Waals surface area contributed by atoms with E-state index in [2.05, 4.69) is 10.0 Å². The highest BCUT2D eigenvalue weighted by atomic mass is 32.2. The number of nitrogens with one attached hydrogen (secondary N) is 2. The predicted octanol–water partition coefficient (Wildman–Crippen LogP) is 0.344. The first kappa shape index (κ1) is 14.1. The van der Waals surface area contributed by atoms with Crippen molar-refractivity contribution in [1.82, 2.24) is 10.0 Å². The fourth-order valence-corrected chi connectivity index (χ4v) is 2.96. The van der Waals surface area contributed by atoms with Crippen LogP contribution in [0.25, 0.3) is 0 Å². The Hall–Kier alpha value is -1.31. The van der Waals surface area contributed by atoms with Gasteiger partial charge < -0.3 is 14.8 Å². The summed E-state index contributed by atoms with van der Waals surface area (Å²) in [7, 11) is -1.82. The van der Waals surface area contributed by atoms with Crippen molar-refractivity contribution in [1.29, 1.82) is 0 Å². The number of hydrogen-bond acceptors (Lipinski definition) is 5. The highest BCUT2D eigenvalue weighted by molar-refractivity contribution is 7.89. The van der Waals surface area contributed by atoms with Crippen LogP contribution in [0.2, 0.25) is 0 Å². The molecular formula is C12H18N2O4S. The van der Waals surface area contributed by atoms with Crippen molar-refractivity contribution in [2.24, 2.45) is 0 Å². The van der Waals surface area contributed by atoms with E-state index in [4.69, 9.17) is 9.47 Å². The van der Waals surface area contributed by atoms with E-state index in [-0.39, 0.29) is 10.9 Å². The van der Waals surface area contributed by atoms with Crippen LogP contribution in [0, 0.1) is 0 Å². The smallest absolute Gasteiger partial charge is 0.244 e. The molecule has 0 spiro atoms. The van der Waals surface area contributed by atoms with Crippen molar-refractivity contribution in [3.8, 4) is 11.5 Å². The van der Waals surface area contributed by atoms with Crippen LogP contribution in [0.1, 0.15) is 6.92 Å². The average molecular weight is 286 g/mol. The minimum absolute atomic E-state index is 0.0477. The molecule has 1 aliphatic rings. The summed E-state index contributed by atoms with van der Waals surface area (Å²) in [6.45, 7) is 2.99. The van der Waals surface area contributed by atoms with Crippen molar-refractivity contribution in [2.75, 3.05) is 26.8 Å². The van der Waals surface area contributed by atoms with Gasteiger partial charge in [-0.15, -0.1) is 0 Å². The molecule has 0 bridgehead atoms. The Kier molecular flexibility index (Phi) is 4.28. The quantitative estimate of drug-likeness (QED) is 0.816. The van der Waals surface area contributed by atoms with Crippen molar-refractivity contribution < 1.29 is 17.9 Å². The predicted molar refractivity (Wildman–Crippen MR) is 71.1 cm³/mol. The third-order valence-corrected chi connectivity index (χ3v) is 4.34. The highest BCUT2D eigenvalue weighted by Gasteiger charge is 2.25. The van der Waals surface area contributed by atoms with E-state index in [9.17, 15) is 8.42 Å².